The average molecular weight is 637 g/mol. The molecule has 0 aliphatic heterocycles. The van der Waals surface area contributed by atoms with Gasteiger partial charge in [0.2, 0.25) is 5.95 Å². The molecule has 0 fully saturated rings. The van der Waals surface area contributed by atoms with Crippen LogP contribution in [-0.4, -0.2) is 19.1 Å². The lowest BCUT2D eigenvalue weighted by molar-refractivity contribution is 1.01. The Morgan fingerprint density at radius 3 is 1.86 bits per heavy atom. The second-order valence-electron chi connectivity index (χ2n) is 13.0. The van der Waals surface area contributed by atoms with Gasteiger partial charge in [-0.1, -0.05) is 121 Å². The molecule has 0 aliphatic rings. The van der Waals surface area contributed by atoms with Crippen LogP contribution in [0.3, 0.4) is 0 Å². The maximum atomic E-state index is 5.49. The predicted molar refractivity (Wildman–Crippen MR) is 209 cm³/mol. The zero-order valence-corrected chi connectivity index (χ0v) is 27.0. The lowest BCUT2D eigenvalue weighted by atomic mass is 9.96. The highest BCUT2D eigenvalue weighted by molar-refractivity contribution is 6.23. The second-order valence-corrected chi connectivity index (χ2v) is 13.0. The van der Waals surface area contributed by atoms with Crippen LogP contribution in [0, 0.1) is 0 Å². The van der Waals surface area contributed by atoms with Crippen LogP contribution >= 0.6 is 0 Å². The summed E-state index contributed by atoms with van der Waals surface area (Å²) < 4.78 is 4.62. The van der Waals surface area contributed by atoms with E-state index in [1.54, 1.807) is 0 Å². The quantitative estimate of drug-likeness (QED) is 0.193. The molecule has 0 unspecified atom stereocenters. The molecule has 0 aliphatic carbocycles. The summed E-state index contributed by atoms with van der Waals surface area (Å²) in [6, 6.07) is 60.7. The van der Waals surface area contributed by atoms with Crippen molar-refractivity contribution in [2.45, 2.75) is 0 Å². The minimum absolute atomic E-state index is 0.666. The number of para-hydroxylation sites is 4. The molecule has 0 spiro atoms. The van der Waals surface area contributed by atoms with Crippen molar-refractivity contribution in [3.05, 3.63) is 170 Å². The summed E-state index contributed by atoms with van der Waals surface area (Å²) in [5, 5.41) is 10.7. The number of benzene rings is 8. The van der Waals surface area contributed by atoms with Gasteiger partial charge in [-0.15, -0.1) is 0 Å². The van der Waals surface area contributed by atoms with E-state index in [1.807, 2.05) is 0 Å². The molecule has 4 heteroatoms. The highest BCUT2D eigenvalue weighted by Crippen LogP contribution is 2.41. The van der Waals surface area contributed by atoms with Gasteiger partial charge in [-0.3, -0.25) is 4.57 Å². The van der Waals surface area contributed by atoms with Crippen molar-refractivity contribution < 1.29 is 0 Å². The van der Waals surface area contributed by atoms with Gasteiger partial charge in [0.25, 0.3) is 0 Å². The van der Waals surface area contributed by atoms with E-state index in [0.717, 1.165) is 38.9 Å². The Kier molecular flexibility index (Phi) is 5.63. The Morgan fingerprint density at radius 1 is 0.360 bits per heavy atom. The number of rotatable bonds is 3. The van der Waals surface area contributed by atoms with Crippen LogP contribution in [-0.2, 0) is 0 Å². The van der Waals surface area contributed by atoms with Gasteiger partial charge in [0.1, 0.15) is 0 Å². The molecule has 0 radical (unpaired) electrons. The molecular weight excluding hydrogens is 609 g/mol. The highest BCUT2D eigenvalue weighted by Gasteiger charge is 2.20. The fourth-order valence-electron chi connectivity index (χ4n) is 8.13. The van der Waals surface area contributed by atoms with E-state index in [-0.39, 0.29) is 0 Å². The standard InChI is InChI=1S/C46H28N4/c1-2-15-31(16-3-1)49-41-24-11-8-19-37(41)44-34-20-12-21-35(32(34)25-26-42(44)49)45-36-18-6-9-22-39(36)47-46(48-45)50-40-23-10-7-17-33(40)38-27-29-13-4-5-14-30(29)28-43(38)50/h1-28H. The molecule has 0 saturated carbocycles. The van der Waals surface area contributed by atoms with Crippen molar-refractivity contribution in [3.8, 4) is 22.9 Å². The highest BCUT2D eigenvalue weighted by atomic mass is 15.2. The van der Waals surface area contributed by atoms with Crippen LogP contribution < -0.4 is 0 Å². The Balaban J connectivity index is 1.23. The molecular formula is C46H28N4. The van der Waals surface area contributed by atoms with Crippen molar-refractivity contribution in [3.63, 3.8) is 0 Å². The number of hydrogen-bond acceptors (Lipinski definition) is 2. The summed E-state index contributed by atoms with van der Waals surface area (Å²) in [4.78, 5) is 10.7. The van der Waals surface area contributed by atoms with E-state index in [0.29, 0.717) is 5.95 Å². The molecule has 0 bridgehead atoms. The molecule has 0 saturated heterocycles. The third kappa shape index (κ3) is 3.81. The Morgan fingerprint density at radius 2 is 1.02 bits per heavy atom. The molecule has 4 nitrogen and oxygen atoms in total. The van der Waals surface area contributed by atoms with Crippen molar-refractivity contribution >= 4 is 76.1 Å². The molecule has 0 amide bonds. The van der Waals surface area contributed by atoms with E-state index in [4.69, 9.17) is 9.97 Å². The fourth-order valence-corrected chi connectivity index (χ4v) is 8.13. The predicted octanol–water partition coefficient (Wildman–Crippen LogP) is 11.8. The van der Waals surface area contributed by atoms with Gasteiger partial charge < -0.3 is 4.57 Å². The largest absolute Gasteiger partial charge is 0.309 e. The average Bonchev–Trinajstić information content (AvgIpc) is 3.69. The van der Waals surface area contributed by atoms with Crippen molar-refractivity contribution in [2.24, 2.45) is 0 Å². The van der Waals surface area contributed by atoms with Gasteiger partial charge in [0.05, 0.1) is 33.3 Å². The molecule has 11 rings (SSSR count). The maximum Gasteiger partial charge on any atom is 0.235 e. The van der Waals surface area contributed by atoms with Gasteiger partial charge in [-0.2, -0.15) is 0 Å². The Labute approximate surface area is 287 Å². The van der Waals surface area contributed by atoms with Gasteiger partial charge in [0, 0.05) is 38.2 Å². The van der Waals surface area contributed by atoms with Crippen LogP contribution in [0.2, 0.25) is 0 Å². The zero-order chi connectivity index (χ0) is 32.8. The SMILES string of the molecule is c1ccc(-n2c3ccccc3c3c4cccc(-c5nc(-n6c7ccccc7c7cc8ccccc8cc76)nc6ccccc56)c4ccc32)cc1. The summed E-state index contributed by atoms with van der Waals surface area (Å²) in [6.45, 7) is 0. The lowest BCUT2D eigenvalue weighted by Crippen LogP contribution is -2.03. The van der Waals surface area contributed by atoms with Crippen LogP contribution in [0.15, 0.2) is 170 Å². The third-order valence-corrected chi connectivity index (χ3v) is 10.3. The van der Waals surface area contributed by atoms with Crippen molar-refractivity contribution in [1.29, 1.82) is 0 Å². The number of nitrogens with zero attached hydrogens (tertiary/aromatic N) is 4. The molecule has 0 atom stereocenters. The fraction of sp³-hybridized carbons (Fsp3) is 0. The molecule has 8 aromatic carbocycles. The van der Waals surface area contributed by atoms with E-state index in [1.165, 1.54) is 54.1 Å². The second kappa shape index (κ2) is 10.4. The van der Waals surface area contributed by atoms with Crippen LogP contribution in [0.25, 0.3) is 99.0 Å². The first-order chi connectivity index (χ1) is 24.8. The molecule has 0 N–H and O–H groups in total. The van der Waals surface area contributed by atoms with Crippen LogP contribution in [0.1, 0.15) is 0 Å². The summed E-state index contributed by atoms with van der Waals surface area (Å²) >= 11 is 0. The first kappa shape index (κ1) is 27.2. The van der Waals surface area contributed by atoms with E-state index >= 15 is 0 Å². The van der Waals surface area contributed by atoms with E-state index in [2.05, 4.69) is 179 Å². The molecule has 3 heterocycles. The van der Waals surface area contributed by atoms with Gasteiger partial charge in [-0.25, -0.2) is 9.97 Å². The molecule has 3 aromatic heterocycles. The number of hydrogen-bond donors (Lipinski definition) is 0. The molecule has 232 valence electrons. The van der Waals surface area contributed by atoms with Crippen LogP contribution in [0.5, 0.6) is 0 Å². The summed E-state index contributed by atoms with van der Waals surface area (Å²) in [5.74, 6) is 0.666. The maximum absolute atomic E-state index is 5.49. The van der Waals surface area contributed by atoms with Gasteiger partial charge in [0.15, 0.2) is 0 Å². The zero-order valence-electron chi connectivity index (χ0n) is 27.0. The molecule has 11 aromatic rings. The smallest absolute Gasteiger partial charge is 0.235 e. The topological polar surface area (TPSA) is 35.6 Å². The van der Waals surface area contributed by atoms with Gasteiger partial charge >= 0.3 is 0 Å². The Bertz CT molecular complexity index is 3150. The number of fused-ring (bicyclic) bond motifs is 10. The minimum Gasteiger partial charge on any atom is -0.309 e. The van der Waals surface area contributed by atoms with Gasteiger partial charge in [-0.05, 0) is 70.1 Å². The van der Waals surface area contributed by atoms with Crippen molar-refractivity contribution in [1.82, 2.24) is 19.1 Å². The van der Waals surface area contributed by atoms with Crippen molar-refractivity contribution in [2.75, 3.05) is 0 Å². The summed E-state index contributed by atoms with van der Waals surface area (Å²) in [7, 11) is 0. The summed E-state index contributed by atoms with van der Waals surface area (Å²) in [6.07, 6.45) is 0. The first-order valence-electron chi connectivity index (χ1n) is 17.0. The van der Waals surface area contributed by atoms with E-state index < -0.39 is 0 Å². The molecule has 50 heavy (non-hydrogen) atoms. The first-order valence-corrected chi connectivity index (χ1v) is 17.0. The summed E-state index contributed by atoms with van der Waals surface area (Å²) in [5.41, 5.74) is 8.65. The number of aromatic nitrogens is 4. The third-order valence-electron chi connectivity index (χ3n) is 10.3. The normalized spacial score (nSPS) is 12.0. The Hall–Kier alpha value is -6.78. The monoisotopic (exact) mass is 636 g/mol. The van der Waals surface area contributed by atoms with Crippen LogP contribution in [0.4, 0.5) is 0 Å². The lowest BCUT2D eigenvalue weighted by Gasteiger charge is -2.14. The van der Waals surface area contributed by atoms with E-state index in [9.17, 15) is 0 Å². The minimum atomic E-state index is 0.666.